The Hall–Kier alpha value is -2.34. The molecule has 0 radical (unpaired) electrons. The Morgan fingerprint density at radius 2 is 1.83 bits per heavy atom. The Labute approximate surface area is 212 Å². The average Bonchev–Trinajstić information content (AvgIpc) is 3.13. The van der Waals surface area contributed by atoms with Crippen molar-refractivity contribution >= 4 is 35.0 Å². The Bertz CT molecular complexity index is 1100. The van der Waals surface area contributed by atoms with Gasteiger partial charge >= 0.3 is 0 Å². The zero-order valence-electron chi connectivity index (χ0n) is 20.9. The smallest absolute Gasteiger partial charge is 0.248 e. The Morgan fingerprint density at radius 1 is 1.11 bits per heavy atom. The third kappa shape index (κ3) is 3.89. The van der Waals surface area contributed by atoms with Crippen LogP contribution in [0.2, 0.25) is 0 Å². The first-order valence-electron chi connectivity index (χ1n) is 12.9. The van der Waals surface area contributed by atoms with Gasteiger partial charge in [0.2, 0.25) is 17.7 Å². The van der Waals surface area contributed by atoms with E-state index in [0.29, 0.717) is 47.8 Å². The van der Waals surface area contributed by atoms with Crippen LogP contribution in [-0.4, -0.2) is 29.7 Å². The predicted octanol–water partition coefficient (Wildman–Crippen LogP) is 5.29. The summed E-state index contributed by atoms with van der Waals surface area (Å²) in [7, 11) is 1.89. The molecule has 7 heteroatoms. The fraction of sp³-hybridized carbons (Fsp3) is 0.607. The Kier molecular flexibility index (Phi) is 6.02. The molecule has 4 aliphatic rings. The normalized spacial score (nSPS) is 36.3. The number of carbonyl (C=O) groups excluding carboxylic acids is 3. The van der Waals surface area contributed by atoms with E-state index in [4.69, 9.17) is 17.3 Å². The number of amides is 3. The number of carbonyl (C=O) groups is 3. The lowest BCUT2D eigenvalue weighted by atomic mass is 9.49. The predicted molar refractivity (Wildman–Crippen MR) is 136 cm³/mol. The number of benzene rings is 1. The maximum absolute atomic E-state index is 13.0. The van der Waals surface area contributed by atoms with Gasteiger partial charge in [0.25, 0.3) is 0 Å². The van der Waals surface area contributed by atoms with Gasteiger partial charge in [-0.3, -0.25) is 14.4 Å². The third-order valence-electron chi connectivity index (χ3n) is 10.1. The lowest BCUT2D eigenvalue weighted by Crippen LogP contribution is -2.54. The van der Waals surface area contributed by atoms with Gasteiger partial charge in [0.15, 0.2) is 0 Å². The molecule has 1 aliphatic heterocycles. The summed E-state index contributed by atoms with van der Waals surface area (Å²) >= 11 is 6.93. The zero-order chi connectivity index (χ0) is 25.1. The van der Waals surface area contributed by atoms with Crippen LogP contribution >= 0.6 is 11.6 Å². The Balaban J connectivity index is 1.31. The number of allylic oxidation sites excluding steroid dienone is 2. The summed E-state index contributed by atoms with van der Waals surface area (Å²) in [5.74, 6) is 1.64. The van der Waals surface area contributed by atoms with Crippen LogP contribution in [0, 0.1) is 34.5 Å². The number of anilines is 1. The van der Waals surface area contributed by atoms with Crippen molar-refractivity contribution < 1.29 is 14.4 Å². The van der Waals surface area contributed by atoms with E-state index >= 15 is 0 Å². The second kappa shape index (κ2) is 8.65. The molecule has 0 bridgehead atoms. The van der Waals surface area contributed by atoms with E-state index in [2.05, 4.69) is 19.2 Å². The highest BCUT2D eigenvalue weighted by atomic mass is 35.5. The van der Waals surface area contributed by atoms with E-state index in [1.165, 1.54) is 0 Å². The number of piperidine rings is 1. The van der Waals surface area contributed by atoms with Gasteiger partial charge in [-0.05, 0) is 91.9 Å². The number of nitrogens with zero attached hydrogens (tertiary/aromatic N) is 1. The second-order valence-electron chi connectivity index (χ2n) is 11.7. The largest absolute Gasteiger partial charge is 0.366 e. The van der Waals surface area contributed by atoms with Gasteiger partial charge in [-0.1, -0.05) is 25.4 Å². The first-order chi connectivity index (χ1) is 16.5. The molecule has 1 heterocycles. The summed E-state index contributed by atoms with van der Waals surface area (Å²) in [4.78, 5) is 38.5. The van der Waals surface area contributed by atoms with Crippen LogP contribution in [0.25, 0.3) is 0 Å². The number of primary amides is 1. The molecule has 3 N–H and O–H groups in total. The van der Waals surface area contributed by atoms with Gasteiger partial charge in [-0.15, -0.1) is 0 Å². The summed E-state index contributed by atoms with van der Waals surface area (Å²) in [5, 5.41) is 3.88. The van der Waals surface area contributed by atoms with Crippen molar-refractivity contribution in [2.24, 2.45) is 40.2 Å². The van der Waals surface area contributed by atoms with E-state index in [9.17, 15) is 14.4 Å². The molecule has 1 aromatic rings. The monoisotopic (exact) mass is 497 g/mol. The minimum atomic E-state index is -0.478. The van der Waals surface area contributed by atoms with Crippen molar-refractivity contribution in [3.8, 4) is 0 Å². The van der Waals surface area contributed by atoms with E-state index < -0.39 is 5.91 Å². The van der Waals surface area contributed by atoms with Crippen LogP contribution in [0.1, 0.15) is 75.6 Å². The standard InChI is InChI=1S/C28H36ClN3O3/c1-27-12-10-21-19(15-22(29)25-28(21,2)13-11-24(34)32(25)3)20(27)9-6-17(27)14-23(33)31-18-7-4-16(5-8-18)26(30)35/h4-5,7-8,17,19-21H,6,9-15H2,1-3H3,(H2,30,35)(H,31,33)/t17-,19?,20+,21?,27-,28-/m1/s1. The number of rotatable bonds is 4. The highest BCUT2D eigenvalue weighted by molar-refractivity contribution is 6.30. The molecule has 1 saturated heterocycles. The second-order valence-corrected chi connectivity index (χ2v) is 12.2. The maximum atomic E-state index is 13.0. The molecule has 0 spiro atoms. The molecule has 3 aliphatic carbocycles. The fourth-order valence-electron chi connectivity index (χ4n) is 8.28. The van der Waals surface area contributed by atoms with Crippen LogP contribution in [0.15, 0.2) is 35.0 Å². The minimum absolute atomic E-state index is 0.0223. The van der Waals surface area contributed by atoms with Crippen molar-refractivity contribution in [1.29, 1.82) is 0 Å². The number of nitrogens with two attached hydrogens (primary N) is 1. The Morgan fingerprint density at radius 3 is 2.51 bits per heavy atom. The molecule has 2 saturated carbocycles. The number of hydrogen-bond acceptors (Lipinski definition) is 3. The molecule has 0 aromatic heterocycles. The van der Waals surface area contributed by atoms with E-state index in [-0.39, 0.29) is 22.6 Å². The summed E-state index contributed by atoms with van der Waals surface area (Å²) in [6.45, 7) is 4.73. The topological polar surface area (TPSA) is 92.5 Å². The quantitative estimate of drug-likeness (QED) is 0.592. The van der Waals surface area contributed by atoms with Crippen molar-refractivity contribution in [2.45, 2.75) is 65.2 Å². The number of hydrogen-bond donors (Lipinski definition) is 2. The number of nitrogens with one attached hydrogen (secondary N) is 1. The lowest BCUT2D eigenvalue weighted by Gasteiger charge is -2.59. The summed E-state index contributed by atoms with van der Waals surface area (Å²) in [5.41, 5.74) is 7.56. The summed E-state index contributed by atoms with van der Waals surface area (Å²) in [6, 6.07) is 6.72. The van der Waals surface area contributed by atoms with E-state index in [1.807, 2.05) is 11.9 Å². The van der Waals surface area contributed by atoms with E-state index in [0.717, 1.165) is 49.3 Å². The van der Waals surface area contributed by atoms with Crippen LogP contribution in [-0.2, 0) is 9.59 Å². The molecule has 2 unspecified atom stereocenters. The van der Waals surface area contributed by atoms with Crippen molar-refractivity contribution in [2.75, 3.05) is 12.4 Å². The third-order valence-corrected chi connectivity index (χ3v) is 10.5. The highest BCUT2D eigenvalue weighted by Crippen LogP contribution is 2.67. The maximum Gasteiger partial charge on any atom is 0.248 e. The van der Waals surface area contributed by atoms with Gasteiger partial charge in [0.05, 0.1) is 0 Å². The SMILES string of the molecule is CN1C(=O)CC[C@@]2(C)C1=C(Cl)CC1C2CC[C@]2(C)[C@@H](CC(=O)Nc3ccc(C(N)=O)cc3)CC[C@@H]12. The summed E-state index contributed by atoms with van der Waals surface area (Å²) < 4.78 is 0. The fourth-order valence-corrected chi connectivity index (χ4v) is 8.80. The summed E-state index contributed by atoms with van der Waals surface area (Å²) in [6.07, 6.45) is 7.25. The van der Waals surface area contributed by atoms with Crippen molar-refractivity contribution in [3.05, 3.63) is 40.6 Å². The van der Waals surface area contributed by atoms with Gasteiger partial charge in [-0.25, -0.2) is 0 Å². The van der Waals surface area contributed by atoms with Crippen LogP contribution in [0.5, 0.6) is 0 Å². The molecule has 6 atom stereocenters. The molecule has 6 nitrogen and oxygen atoms in total. The number of likely N-dealkylation sites (tertiary alicyclic amines) is 1. The van der Waals surface area contributed by atoms with Gasteiger partial charge in [0.1, 0.15) is 0 Å². The first-order valence-corrected chi connectivity index (χ1v) is 13.3. The molecular weight excluding hydrogens is 462 g/mol. The zero-order valence-corrected chi connectivity index (χ0v) is 21.7. The van der Waals surface area contributed by atoms with Gasteiger partial charge in [0, 0.05) is 47.3 Å². The number of fused-ring (bicyclic) bond motifs is 5. The van der Waals surface area contributed by atoms with Crippen molar-refractivity contribution in [3.63, 3.8) is 0 Å². The van der Waals surface area contributed by atoms with E-state index in [1.54, 1.807) is 24.3 Å². The van der Waals surface area contributed by atoms with Crippen molar-refractivity contribution in [1.82, 2.24) is 4.90 Å². The molecule has 1 aromatic carbocycles. The molecule has 3 amide bonds. The molecule has 35 heavy (non-hydrogen) atoms. The molecule has 5 rings (SSSR count). The molecular formula is C28H36ClN3O3. The first kappa shape index (κ1) is 24.4. The van der Waals surface area contributed by atoms with Crippen LogP contribution in [0.4, 0.5) is 5.69 Å². The van der Waals surface area contributed by atoms with Gasteiger partial charge in [-0.2, -0.15) is 0 Å². The molecule has 3 fully saturated rings. The average molecular weight is 498 g/mol. The lowest BCUT2D eigenvalue weighted by molar-refractivity contribution is -0.136. The minimum Gasteiger partial charge on any atom is -0.366 e. The van der Waals surface area contributed by atoms with Crippen LogP contribution < -0.4 is 11.1 Å². The highest BCUT2D eigenvalue weighted by Gasteiger charge is 2.60. The molecule has 188 valence electrons. The number of halogens is 1. The van der Waals surface area contributed by atoms with Gasteiger partial charge < -0.3 is 16.0 Å². The van der Waals surface area contributed by atoms with Crippen LogP contribution in [0.3, 0.4) is 0 Å².